The van der Waals surface area contributed by atoms with Crippen LogP contribution in [-0.2, 0) is 21.0 Å². The van der Waals surface area contributed by atoms with E-state index < -0.39 is 34.2 Å². The molecule has 3 aromatic rings. The van der Waals surface area contributed by atoms with Gasteiger partial charge in [-0.3, -0.25) is 9.10 Å². The van der Waals surface area contributed by atoms with Crippen LogP contribution in [0.25, 0.3) is 0 Å². The van der Waals surface area contributed by atoms with Crippen molar-refractivity contribution in [3.8, 4) is 0 Å². The number of carbonyl (C=O) groups is 1. The number of sulfonamides is 1. The maximum absolute atomic E-state index is 13.4. The van der Waals surface area contributed by atoms with E-state index in [-0.39, 0.29) is 10.6 Å². The molecule has 0 atom stereocenters. The van der Waals surface area contributed by atoms with E-state index in [1.807, 2.05) is 6.07 Å². The van der Waals surface area contributed by atoms with E-state index in [1.54, 1.807) is 45.0 Å². The molecule has 3 aromatic carbocycles. The van der Waals surface area contributed by atoms with Gasteiger partial charge < -0.3 is 5.32 Å². The van der Waals surface area contributed by atoms with Crippen molar-refractivity contribution in [2.45, 2.75) is 31.8 Å². The summed E-state index contributed by atoms with van der Waals surface area (Å²) in [5.74, 6) is -0.680. The van der Waals surface area contributed by atoms with Gasteiger partial charge in [0.15, 0.2) is 0 Å². The van der Waals surface area contributed by atoms with Crippen molar-refractivity contribution >= 4 is 27.3 Å². The monoisotopic (exact) mass is 476 g/mol. The smallest absolute Gasteiger partial charge is 0.324 e. The number of carbonyl (C=O) groups excluding carboxylic acids is 1. The summed E-state index contributed by atoms with van der Waals surface area (Å²) >= 11 is 0. The van der Waals surface area contributed by atoms with Crippen LogP contribution in [0.15, 0.2) is 71.6 Å². The third kappa shape index (κ3) is 5.54. The first kappa shape index (κ1) is 24.3. The molecule has 0 saturated carbocycles. The van der Waals surface area contributed by atoms with Gasteiger partial charge in [0.1, 0.15) is 6.54 Å². The SMILES string of the molecule is Cc1ccc(S(=O)(=O)N(CC(=O)Nc2c(C)cccc2C)c2cccc(C(F)(F)F)c2)cc1. The maximum Gasteiger partial charge on any atom is 0.416 e. The largest absolute Gasteiger partial charge is 0.416 e. The normalized spacial score (nSPS) is 11.8. The molecule has 0 aromatic heterocycles. The van der Waals surface area contributed by atoms with Crippen molar-refractivity contribution in [3.05, 3.63) is 89.0 Å². The Hall–Kier alpha value is -3.33. The fourth-order valence-electron chi connectivity index (χ4n) is 3.31. The molecule has 0 aliphatic heterocycles. The molecule has 1 amide bonds. The summed E-state index contributed by atoms with van der Waals surface area (Å²) in [7, 11) is -4.34. The zero-order chi connectivity index (χ0) is 24.4. The lowest BCUT2D eigenvalue weighted by molar-refractivity contribution is -0.137. The highest BCUT2D eigenvalue weighted by Crippen LogP contribution is 2.33. The van der Waals surface area contributed by atoms with Crippen LogP contribution in [0.1, 0.15) is 22.3 Å². The molecule has 0 aliphatic rings. The summed E-state index contributed by atoms with van der Waals surface area (Å²) in [6.07, 6.45) is -4.67. The summed E-state index contributed by atoms with van der Waals surface area (Å²) in [5.41, 5.74) is 1.61. The predicted octanol–water partition coefficient (Wildman–Crippen LogP) is 5.46. The Bertz CT molecular complexity index is 1250. The van der Waals surface area contributed by atoms with Crippen molar-refractivity contribution in [2.75, 3.05) is 16.2 Å². The van der Waals surface area contributed by atoms with E-state index >= 15 is 0 Å². The lowest BCUT2D eigenvalue weighted by atomic mass is 10.1. The number of halogens is 3. The summed E-state index contributed by atoms with van der Waals surface area (Å²) in [6, 6.07) is 15.2. The Morgan fingerprint density at radius 2 is 1.48 bits per heavy atom. The molecule has 33 heavy (non-hydrogen) atoms. The standard InChI is InChI=1S/C24H23F3N2O3S/c1-16-10-12-21(13-11-16)33(31,32)29(20-9-5-8-19(14-20)24(25,26)27)15-22(30)28-23-17(2)6-4-7-18(23)3/h4-14H,15H2,1-3H3,(H,28,30). The van der Waals surface area contributed by atoms with Crippen molar-refractivity contribution < 1.29 is 26.4 Å². The summed E-state index contributed by atoms with van der Waals surface area (Å²) in [5, 5.41) is 2.69. The van der Waals surface area contributed by atoms with E-state index in [0.717, 1.165) is 34.9 Å². The Morgan fingerprint density at radius 3 is 2.06 bits per heavy atom. The van der Waals surface area contributed by atoms with E-state index in [2.05, 4.69) is 5.32 Å². The van der Waals surface area contributed by atoms with E-state index in [4.69, 9.17) is 0 Å². The van der Waals surface area contributed by atoms with Crippen LogP contribution in [0.4, 0.5) is 24.5 Å². The van der Waals surface area contributed by atoms with E-state index in [1.165, 1.54) is 18.2 Å². The van der Waals surface area contributed by atoms with Gasteiger partial charge >= 0.3 is 6.18 Å². The molecule has 5 nitrogen and oxygen atoms in total. The van der Waals surface area contributed by atoms with Gasteiger partial charge in [-0.1, -0.05) is 42.0 Å². The van der Waals surface area contributed by atoms with Crippen LogP contribution >= 0.6 is 0 Å². The minimum absolute atomic E-state index is 0.134. The second-order valence-corrected chi connectivity index (χ2v) is 9.55. The second-order valence-electron chi connectivity index (χ2n) is 7.69. The van der Waals surface area contributed by atoms with Gasteiger partial charge in [-0.15, -0.1) is 0 Å². The third-order valence-electron chi connectivity index (χ3n) is 5.10. The molecule has 174 valence electrons. The van der Waals surface area contributed by atoms with Crippen molar-refractivity contribution in [3.63, 3.8) is 0 Å². The fraction of sp³-hybridized carbons (Fsp3) is 0.208. The number of amides is 1. The number of hydrogen-bond donors (Lipinski definition) is 1. The van der Waals surface area contributed by atoms with Crippen LogP contribution in [-0.4, -0.2) is 20.9 Å². The van der Waals surface area contributed by atoms with Gasteiger partial charge in [-0.25, -0.2) is 8.42 Å². The van der Waals surface area contributed by atoms with E-state index in [0.29, 0.717) is 9.99 Å². The molecular formula is C24H23F3N2O3S. The molecule has 3 rings (SSSR count). The van der Waals surface area contributed by atoms with Gasteiger partial charge in [-0.05, 0) is 62.2 Å². The highest BCUT2D eigenvalue weighted by atomic mass is 32.2. The average molecular weight is 477 g/mol. The number of benzene rings is 3. The zero-order valence-corrected chi connectivity index (χ0v) is 19.1. The molecule has 1 N–H and O–H groups in total. The van der Waals surface area contributed by atoms with E-state index in [9.17, 15) is 26.4 Å². The maximum atomic E-state index is 13.4. The first-order valence-electron chi connectivity index (χ1n) is 10.0. The Labute approximate surface area is 190 Å². The highest BCUT2D eigenvalue weighted by Gasteiger charge is 2.33. The van der Waals surface area contributed by atoms with Gasteiger partial charge in [0.2, 0.25) is 5.91 Å². The van der Waals surface area contributed by atoms with Crippen LogP contribution in [0.3, 0.4) is 0 Å². The summed E-state index contributed by atoms with van der Waals surface area (Å²) in [4.78, 5) is 12.7. The topological polar surface area (TPSA) is 66.5 Å². The minimum atomic E-state index is -4.67. The molecule has 0 spiro atoms. The summed E-state index contributed by atoms with van der Waals surface area (Å²) in [6.45, 7) is 4.65. The number of nitrogens with zero attached hydrogens (tertiary/aromatic N) is 1. The van der Waals surface area contributed by atoms with Gasteiger partial charge in [0.25, 0.3) is 10.0 Å². The predicted molar refractivity (Wildman–Crippen MR) is 122 cm³/mol. The van der Waals surface area contributed by atoms with Gasteiger partial charge in [0.05, 0.1) is 16.1 Å². The zero-order valence-electron chi connectivity index (χ0n) is 18.3. The van der Waals surface area contributed by atoms with Crippen molar-refractivity contribution in [1.82, 2.24) is 0 Å². The average Bonchev–Trinajstić information content (AvgIpc) is 2.74. The molecule has 0 heterocycles. The van der Waals surface area contributed by atoms with Gasteiger partial charge in [-0.2, -0.15) is 13.2 Å². The van der Waals surface area contributed by atoms with Crippen LogP contribution in [0.5, 0.6) is 0 Å². The number of rotatable bonds is 6. The molecule has 0 bridgehead atoms. The Kier molecular flexibility index (Phi) is 6.83. The molecule has 0 saturated heterocycles. The Morgan fingerprint density at radius 1 is 0.909 bits per heavy atom. The van der Waals surface area contributed by atoms with Crippen LogP contribution < -0.4 is 9.62 Å². The molecule has 0 fully saturated rings. The van der Waals surface area contributed by atoms with Gasteiger partial charge in [0, 0.05) is 5.69 Å². The first-order valence-corrected chi connectivity index (χ1v) is 11.5. The molecule has 0 aliphatic carbocycles. The lowest BCUT2D eigenvalue weighted by Gasteiger charge is -2.25. The number of hydrogen-bond acceptors (Lipinski definition) is 3. The number of alkyl halides is 3. The number of aryl methyl sites for hydroxylation is 3. The highest BCUT2D eigenvalue weighted by molar-refractivity contribution is 7.92. The molecule has 0 unspecified atom stereocenters. The summed E-state index contributed by atoms with van der Waals surface area (Å²) < 4.78 is 67.3. The molecule has 9 heteroatoms. The lowest BCUT2D eigenvalue weighted by Crippen LogP contribution is -2.38. The van der Waals surface area contributed by atoms with Crippen molar-refractivity contribution in [2.24, 2.45) is 0 Å². The number of para-hydroxylation sites is 1. The number of nitrogens with one attached hydrogen (secondary N) is 1. The number of anilines is 2. The quantitative estimate of drug-likeness (QED) is 0.514. The van der Waals surface area contributed by atoms with Crippen molar-refractivity contribution in [1.29, 1.82) is 0 Å². The molecular weight excluding hydrogens is 453 g/mol. The van der Waals surface area contributed by atoms with Crippen LogP contribution in [0.2, 0.25) is 0 Å². The first-order chi connectivity index (χ1) is 15.4. The second kappa shape index (κ2) is 9.27. The fourth-order valence-corrected chi connectivity index (χ4v) is 4.72. The third-order valence-corrected chi connectivity index (χ3v) is 6.89. The Balaban J connectivity index is 2.04. The van der Waals surface area contributed by atoms with Crippen LogP contribution in [0, 0.1) is 20.8 Å². The minimum Gasteiger partial charge on any atom is -0.324 e. The molecule has 0 radical (unpaired) electrons.